The summed E-state index contributed by atoms with van der Waals surface area (Å²) in [5.41, 5.74) is 6.82. The van der Waals surface area contributed by atoms with Gasteiger partial charge >= 0.3 is 0 Å². The smallest absolute Gasteiger partial charge is 0.174 e. The van der Waals surface area contributed by atoms with Gasteiger partial charge in [0, 0.05) is 19.5 Å². The SMILES string of the molecule is CCC(=O)c1sc(N2CCC(CC)C2)c(C#N)c1N. The number of nitrogens with two attached hydrogens (primary N) is 1. The average Bonchev–Trinajstić information content (AvgIpc) is 3.01. The van der Waals surface area contributed by atoms with Crippen LogP contribution in [0.2, 0.25) is 0 Å². The molecule has 0 bridgehead atoms. The molecule has 1 saturated heterocycles. The van der Waals surface area contributed by atoms with Crippen molar-refractivity contribution in [3.63, 3.8) is 0 Å². The number of nitriles is 1. The Hall–Kier alpha value is -1.54. The summed E-state index contributed by atoms with van der Waals surface area (Å²) in [7, 11) is 0. The molecule has 1 unspecified atom stereocenters. The van der Waals surface area contributed by atoms with E-state index in [1.54, 1.807) is 0 Å². The average molecular weight is 277 g/mol. The van der Waals surface area contributed by atoms with E-state index in [1.165, 1.54) is 11.3 Å². The van der Waals surface area contributed by atoms with E-state index in [4.69, 9.17) is 5.73 Å². The molecule has 19 heavy (non-hydrogen) atoms. The predicted molar refractivity (Wildman–Crippen MR) is 78.7 cm³/mol. The minimum absolute atomic E-state index is 0.0245. The van der Waals surface area contributed by atoms with E-state index >= 15 is 0 Å². The predicted octanol–water partition coefficient (Wildman–Crippen LogP) is 3.03. The fraction of sp³-hybridized carbons (Fsp3) is 0.571. The van der Waals surface area contributed by atoms with Gasteiger partial charge in [-0.15, -0.1) is 11.3 Å². The van der Waals surface area contributed by atoms with Gasteiger partial charge in [-0.05, 0) is 12.3 Å². The molecule has 1 fully saturated rings. The zero-order chi connectivity index (χ0) is 14.0. The van der Waals surface area contributed by atoms with Gasteiger partial charge in [0.25, 0.3) is 0 Å². The Morgan fingerprint density at radius 1 is 1.58 bits per heavy atom. The Morgan fingerprint density at radius 3 is 2.84 bits per heavy atom. The normalized spacial score (nSPS) is 18.6. The van der Waals surface area contributed by atoms with Gasteiger partial charge in [-0.2, -0.15) is 5.26 Å². The van der Waals surface area contributed by atoms with Crippen molar-refractivity contribution in [2.24, 2.45) is 5.92 Å². The highest BCUT2D eigenvalue weighted by molar-refractivity contribution is 7.19. The fourth-order valence-corrected chi connectivity index (χ4v) is 3.70. The van der Waals surface area contributed by atoms with E-state index in [1.807, 2.05) is 6.92 Å². The van der Waals surface area contributed by atoms with Crippen LogP contribution in [0.3, 0.4) is 0 Å². The molecule has 0 saturated carbocycles. The largest absolute Gasteiger partial charge is 0.396 e. The summed E-state index contributed by atoms with van der Waals surface area (Å²) >= 11 is 1.38. The van der Waals surface area contributed by atoms with Crippen molar-refractivity contribution in [1.29, 1.82) is 5.26 Å². The van der Waals surface area contributed by atoms with Crippen molar-refractivity contribution in [1.82, 2.24) is 0 Å². The topological polar surface area (TPSA) is 70.1 Å². The number of carbonyl (C=O) groups is 1. The molecule has 102 valence electrons. The van der Waals surface area contributed by atoms with Crippen molar-refractivity contribution >= 4 is 27.8 Å². The number of nitrogens with zero attached hydrogens (tertiary/aromatic N) is 2. The number of ketones is 1. The monoisotopic (exact) mass is 277 g/mol. The molecule has 0 aromatic carbocycles. The van der Waals surface area contributed by atoms with E-state index in [-0.39, 0.29) is 5.78 Å². The quantitative estimate of drug-likeness (QED) is 0.859. The number of thiophene rings is 1. The fourth-order valence-electron chi connectivity index (χ4n) is 2.48. The molecule has 2 rings (SSSR count). The molecule has 1 aromatic heterocycles. The Bertz CT molecular complexity index is 530. The highest BCUT2D eigenvalue weighted by Crippen LogP contribution is 2.40. The summed E-state index contributed by atoms with van der Waals surface area (Å²) in [4.78, 5) is 14.6. The summed E-state index contributed by atoms with van der Waals surface area (Å²) < 4.78 is 0. The molecule has 0 aliphatic carbocycles. The van der Waals surface area contributed by atoms with Gasteiger partial charge in [0.05, 0.1) is 10.6 Å². The number of rotatable bonds is 4. The van der Waals surface area contributed by atoms with Gasteiger partial charge in [0.2, 0.25) is 0 Å². The molecule has 0 radical (unpaired) electrons. The molecule has 2 N–H and O–H groups in total. The summed E-state index contributed by atoms with van der Waals surface area (Å²) in [5, 5.41) is 10.2. The number of Topliss-reactive ketones (excluding diaryl/α,β-unsaturated/α-hetero) is 1. The maximum Gasteiger partial charge on any atom is 0.174 e. The summed E-state index contributed by atoms with van der Waals surface area (Å²) in [6.45, 7) is 5.92. The molecule has 4 nitrogen and oxygen atoms in total. The lowest BCUT2D eigenvalue weighted by molar-refractivity contribution is 0.0993. The molecule has 2 heterocycles. The molecule has 5 heteroatoms. The molecule has 1 aliphatic heterocycles. The van der Waals surface area contributed by atoms with E-state index in [0.29, 0.717) is 28.5 Å². The summed E-state index contributed by atoms with van der Waals surface area (Å²) in [5.74, 6) is 0.705. The third kappa shape index (κ3) is 2.45. The molecular weight excluding hydrogens is 258 g/mol. The first kappa shape index (κ1) is 13.9. The Kier molecular flexibility index (Phi) is 4.11. The van der Waals surface area contributed by atoms with E-state index < -0.39 is 0 Å². The number of hydrogen-bond acceptors (Lipinski definition) is 5. The van der Waals surface area contributed by atoms with Crippen LogP contribution in [0.15, 0.2) is 0 Å². The second-order valence-electron chi connectivity index (χ2n) is 4.92. The second kappa shape index (κ2) is 5.62. The molecule has 0 spiro atoms. The van der Waals surface area contributed by atoms with Crippen molar-refractivity contribution in [3.8, 4) is 6.07 Å². The van der Waals surface area contributed by atoms with Crippen LogP contribution < -0.4 is 10.6 Å². The Morgan fingerprint density at radius 2 is 2.32 bits per heavy atom. The van der Waals surface area contributed by atoms with Crippen molar-refractivity contribution in [2.75, 3.05) is 23.7 Å². The number of carbonyl (C=O) groups excluding carboxylic acids is 1. The minimum atomic E-state index is 0.0245. The number of nitrogen functional groups attached to an aromatic ring is 1. The van der Waals surface area contributed by atoms with Crippen molar-refractivity contribution < 1.29 is 4.79 Å². The van der Waals surface area contributed by atoms with Gasteiger partial charge < -0.3 is 10.6 Å². The van der Waals surface area contributed by atoms with Crippen molar-refractivity contribution in [3.05, 3.63) is 10.4 Å². The molecule has 1 atom stereocenters. The van der Waals surface area contributed by atoms with Crippen molar-refractivity contribution in [2.45, 2.75) is 33.1 Å². The maximum absolute atomic E-state index is 11.9. The minimum Gasteiger partial charge on any atom is -0.396 e. The first-order valence-electron chi connectivity index (χ1n) is 6.72. The van der Waals surface area contributed by atoms with Crippen LogP contribution in [0.5, 0.6) is 0 Å². The highest BCUT2D eigenvalue weighted by Gasteiger charge is 2.28. The standard InChI is InChI=1S/C14H19N3OS/c1-3-9-5-6-17(8-9)14-10(7-15)12(16)13(19-14)11(18)4-2/h9H,3-6,8,16H2,1-2H3. The molecule has 0 amide bonds. The van der Waals surface area contributed by atoms with Gasteiger partial charge in [-0.1, -0.05) is 20.3 Å². The first-order chi connectivity index (χ1) is 9.12. The van der Waals surface area contributed by atoms with E-state index in [9.17, 15) is 10.1 Å². The zero-order valence-electron chi connectivity index (χ0n) is 11.4. The van der Waals surface area contributed by atoms with E-state index in [2.05, 4.69) is 17.9 Å². The molecule has 1 aromatic rings. The lowest BCUT2D eigenvalue weighted by atomic mass is 10.1. The highest BCUT2D eigenvalue weighted by atomic mass is 32.1. The zero-order valence-corrected chi connectivity index (χ0v) is 12.2. The van der Waals surface area contributed by atoms with E-state index in [0.717, 1.165) is 30.9 Å². The van der Waals surface area contributed by atoms with Gasteiger partial charge in [-0.3, -0.25) is 4.79 Å². The second-order valence-corrected chi connectivity index (χ2v) is 5.92. The van der Waals surface area contributed by atoms with Crippen LogP contribution in [0.1, 0.15) is 48.3 Å². The van der Waals surface area contributed by atoms with Crippen LogP contribution in [-0.2, 0) is 0 Å². The first-order valence-corrected chi connectivity index (χ1v) is 7.54. The van der Waals surface area contributed by atoms with Gasteiger partial charge in [0.15, 0.2) is 5.78 Å². The molecular formula is C14H19N3OS. The third-order valence-electron chi connectivity index (χ3n) is 3.76. The lowest BCUT2D eigenvalue weighted by Gasteiger charge is -2.16. The van der Waals surface area contributed by atoms with Crippen LogP contribution in [0.25, 0.3) is 0 Å². The lowest BCUT2D eigenvalue weighted by Crippen LogP contribution is -2.19. The maximum atomic E-state index is 11.9. The van der Waals surface area contributed by atoms with Crippen LogP contribution in [-0.4, -0.2) is 18.9 Å². The number of anilines is 2. The van der Waals surface area contributed by atoms with Gasteiger partial charge in [0.1, 0.15) is 16.6 Å². The Balaban J connectivity index is 2.36. The Labute approximate surface area is 117 Å². The summed E-state index contributed by atoms with van der Waals surface area (Å²) in [6, 6.07) is 2.16. The van der Waals surface area contributed by atoms with Crippen LogP contribution in [0, 0.1) is 17.2 Å². The van der Waals surface area contributed by atoms with Crippen LogP contribution >= 0.6 is 11.3 Å². The molecule has 1 aliphatic rings. The third-order valence-corrected chi connectivity index (χ3v) is 5.07. The summed E-state index contributed by atoms with van der Waals surface area (Å²) in [6.07, 6.45) is 2.73. The number of hydrogen-bond donors (Lipinski definition) is 1. The van der Waals surface area contributed by atoms with Gasteiger partial charge in [-0.25, -0.2) is 0 Å². The van der Waals surface area contributed by atoms with Crippen LogP contribution in [0.4, 0.5) is 10.7 Å².